The Balaban J connectivity index is 2.25. The molecule has 0 aliphatic heterocycles. The summed E-state index contributed by atoms with van der Waals surface area (Å²) in [5.74, 6) is -0.306. The van der Waals surface area contributed by atoms with Crippen LogP contribution in [0.1, 0.15) is 22.8 Å². The van der Waals surface area contributed by atoms with Crippen LogP contribution < -0.4 is 0 Å². The fourth-order valence-corrected chi connectivity index (χ4v) is 3.42. The summed E-state index contributed by atoms with van der Waals surface area (Å²) in [6.07, 6.45) is -1.01. The van der Waals surface area contributed by atoms with Gasteiger partial charge < -0.3 is 5.11 Å². The number of hydrogen-bond donors (Lipinski definition) is 1. The van der Waals surface area contributed by atoms with Gasteiger partial charge in [0.05, 0.1) is 16.8 Å². The third-order valence-corrected chi connectivity index (χ3v) is 5.13. The van der Waals surface area contributed by atoms with Gasteiger partial charge in [-0.3, -0.25) is 0 Å². The number of hydrogen-bond acceptors (Lipinski definition) is 3. The van der Waals surface area contributed by atoms with Crippen LogP contribution in [0.25, 0.3) is 0 Å². The highest BCUT2D eigenvalue weighted by molar-refractivity contribution is 7.91. The maximum Gasteiger partial charge on any atom is 0.181 e. The molecule has 4 heteroatoms. The quantitative estimate of drug-likeness (QED) is 0.942. The fraction of sp³-hybridized carbons (Fsp3) is 0.250. The lowest BCUT2D eigenvalue weighted by atomic mass is 10.1. The average Bonchev–Trinajstić information content (AvgIpc) is 2.42. The smallest absolute Gasteiger partial charge is 0.181 e. The van der Waals surface area contributed by atoms with E-state index in [1.165, 1.54) is 0 Å². The molecule has 2 aromatic carbocycles. The largest absolute Gasteiger partial charge is 0.387 e. The van der Waals surface area contributed by atoms with E-state index in [9.17, 15) is 13.5 Å². The third kappa shape index (κ3) is 3.26. The van der Waals surface area contributed by atoms with Crippen LogP contribution in [-0.2, 0) is 9.84 Å². The van der Waals surface area contributed by atoms with Crippen molar-refractivity contribution in [2.75, 3.05) is 5.75 Å². The maximum absolute atomic E-state index is 12.3. The zero-order chi connectivity index (χ0) is 14.8. The number of aliphatic hydroxyl groups is 1. The zero-order valence-corrected chi connectivity index (χ0v) is 12.4. The molecular weight excluding hydrogens is 272 g/mol. The van der Waals surface area contributed by atoms with Gasteiger partial charge in [0.25, 0.3) is 0 Å². The van der Waals surface area contributed by atoms with E-state index >= 15 is 0 Å². The van der Waals surface area contributed by atoms with Crippen molar-refractivity contribution in [3.05, 3.63) is 65.2 Å². The average molecular weight is 290 g/mol. The molecular formula is C16H18O3S. The summed E-state index contributed by atoms with van der Waals surface area (Å²) in [6.45, 7) is 3.81. The van der Waals surface area contributed by atoms with Crippen molar-refractivity contribution in [2.24, 2.45) is 0 Å². The summed E-state index contributed by atoms with van der Waals surface area (Å²) in [7, 11) is -3.50. The molecule has 2 rings (SSSR count). The maximum atomic E-state index is 12.3. The molecule has 0 radical (unpaired) electrons. The van der Waals surface area contributed by atoms with Gasteiger partial charge in [-0.15, -0.1) is 0 Å². The van der Waals surface area contributed by atoms with E-state index in [4.69, 9.17) is 0 Å². The Kier molecular flexibility index (Phi) is 4.26. The van der Waals surface area contributed by atoms with Crippen LogP contribution in [0.15, 0.2) is 53.4 Å². The van der Waals surface area contributed by atoms with Crippen LogP contribution in [0.5, 0.6) is 0 Å². The number of aliphatic hydroxyl groups excluding tert-OH is 1. The van der Waals surface area contributed by atoms with Crippen molar-refractivity contribution in [2.45, 2.75) is 24.8 Å². The first-order valence-electron chi connectivity index (χ1n) is 6.43. The number of benzene rings is 2. The topological polar surface area (TPSA) is 54.4 Å². The molecule has 0 aliphatic carbocycles. The van der Waals surface area contributed by atoms with E-state index in [0.29, 0.717) is 5.56 Å². The second-order valence-corrected chi connectivity index (χ2v) is 6.99. The fourth-order valence-electron chi connectivity index (χ4n) is 1.98. The molecule has 1 atom stereocenters. The molecule has 0 fully saturated rings. The zero-order valence-electron chi connectivity index (χ0n) is 11.6. The summed E-state index contributed by atoms with van der Waals surface area (Å²) >= 11 is 0. The summed E-state index contributed by atoms with van der Waals surface area (Å²) in [4.78, 5) is 0.260. The molecule has 20 heavy (non-hydrogen) atoms. The Morgan fingerprint density at radius 2 is 1.65 bits per heavy atom. The first kappa shape index (κ1) is 14.8. The minimum absolute atomic E-state index is 0.260. The summed E-state index contributed by atoms with van der Waals surface area (Å²) in [5.41, 5.74) is 2.59. The van der Waals surface area contributed by atoms with Gasteiger partial charge >= 0.3 is 0 Å². The predicted octanol–water partition coefficient (Wildman–Crippen LogP) is 2.81. The van der Waals surface area contributed by atoms with E-state index < -0.39 is 15.9 Å². The normalized spacial score (nSPS) is 13.2. The van der Waals surface area contributed by atoms with Crippen LogP contribution >= 0.6 is 0 Å². The third-order valence-electron chi connectivity index (χ3n) is 3.40. The summed E-state index contributed by atoms with van der Waals surface area (Å²) in [5, 5.41) is 10.1. The highest BCUT2D eigenvalue weighted by atomic mass is 32.2. The van der Waals surface area contributed by atoms with E-state index in [2.05, 4.69) is 0 Å². The SMILES string of the molecule is Cc1ccc(S(=O)(=O)CC(O)c2ccccc2)cc1C. The van der Waals surface area contributed by atoms with E-state index in [-0.39, 0.29) is 10.6 Å². The van der Waals surface area contributed by atoms with Crippen molar-refractivity contribution >= 4 is 9.84 Å². The Morgan fingerprint density at radius 3 is 2.25 bits per heavy atom. The lowest BCUT2D eigenvalue weighted by Crippen LogP contribution is -2.15. The highest BCUT2D eigenvalue weighted by Gasteiger charge is 2.21. The van der Waals surface area contributed by atoms with Gasteiger partial charge in [-0.1, -0.05) is 36.4 Å². The van der Waals surface area contributed by atoms with Crippen LogP contribution in [-0.4, -0.2) is 19.3 Å². The van der Waals surface area contributed by atoms with Gasteiger partial charge in [0.2, 0.25) is 0 Å². The van der Waals surface area contributed by atoms with Gasteiger partial charge in [-0.2, -0.15) is 0 Å². The molecule has 1 unspecified atom stereocenters. The predicted molar refractivity (Wildman–Crippen MR) is 79.4 cm³/mol. The molecule has 0 heterocycles. The molecule has 1 N–H and O–H groups in total. The van der Waals surface area contributed by atoms with Crippen molar-refractivity contribution in [1.82, 2.24) is 0 Å². The van der Waals surface area contributed by atoms with Gasteiger partial charge in [-0.05, 0) is 42.7 Å². The Labute approximate surface area is 119 Å². The highest BCUT2D eigenvalue weighted by Crippen LogP contribution is 2.21. The van der Waals surface area contributed by atoms with Crippen LogP contribution in [0, 0.1) is 13.8 Å². The minimum Gasteiger partial charge on any atom is -0.387 e. The second-order valence-electron chi connectivity index (χ2n) is 4.95. The lowest BCUT2D eigenvalue weighted by molar-refractivity contribution is 0.201. The first-order valence-corrected chi connectivity index (χ1v) is 8.08. The molecule has 3 nitrogen and oxygen atoms in total. The Morgan fingerprint density at radius 1 is 1.00 bits per heavy atom. The molecule has 0 aromatic heterocycles. The molecule has 106 valence electrons. The van der Waals surface area contributed by atoms with Gasteiger partial charge in [-0.25, -0.2) is 8.42 Å². The Hall–Kier alpha value is -1.65. The molecule has 0 saturated heterocycles. The van der Waals surface area contributed by atoms with Crippen LogP contribution in [0.3, 0.4) is 0 Å². The number of rotatable bonds is 4. The van der Waals surface area contributed by atoms with E-state index in [0.717, 1.165) is 11.1 Å². The molecule has 0 saturated carbocycles. The van der Waals surface area contributed by atoms with Crippen molar-refractivity contribution < 1.29 is 13.5 Å². The summed E-state index contributed by atoms with van der Waals surface area (Å²) < 4.78 is 24.6. The molecule has 0 amide bonds. The van der Waals surface area contributed by atoms with E-state index in [1.54, 1.807) is 42.5 Å². The molecule has 0 spiro atoms. The van der Waals surface area contributed by atoms with Gasteiger partial charge in [0.15, 0.2) is 9.84 Å². The standard InChI is InChI=1S/C16H18O3S/c1-12-8-9-15(10-13(12)2)20(18,19)11-16(17)14-6-4-3-5-7-14/h3-10,16-17H,11H2,1-2H3. The van der Waals surface area contributed by atoms with Crippen molar-refractivity contribution in [1.29, 1.82) is 0 Å². The first-order chi connectivity index (χ1) is 9.40. The molecule has 0 aliphatic rings. The molecule has 0 bridgehead atoms. The molecule has 2 aromatic rings. The van der Waals surface area contributed by atoms with Gasteiger partial charge in [0.1, 0.15) is 0 Å². The Bertz CT molecular complexity index is 691. The number of aryl methyl sites for hydroxylation is 2. The lowest BCUT2D eigenvalue weighted by Gasteiger charge is -2.12. The minimum atomic E-state index is -3.50. The van der Waals surface area contributed by atoms with E-state index in [1.807, 2.05) is 19.9 Å². The summed E-state index contributed by atoms with van der Waals surface area (Å²) in [6, 6.07) is 13.9. The second kappa shape index (κ2) is 5.77. The van der Waals surface area contributed by atoms with Crippen LogP contribution in [0.2, 0.25) is 0 Å². The van der Waals surface area contributed by atoms with Crippen LogP contribution in [0.4, 0.5) is 0 Å². The number of sulfone groups is 1. The van der Waals surface area contributed by atoms with Crippen molar-refractivity contribution in [3.8, 4) is 0 Å². The van der Waals surface area contributed by atoms with Gasteiger partial charge in [0, 0.05) is 0 Å². The monoisotopic (exact) mass is 290 g/mol. The van der Waals surface area contributed by atoms with Crippen molar-refractivity contribution in [3.63, 3.8) is 0 Å².